The summed E-state index contributed by atoms with van der Waals surface area (Å²) in [6.07, 6.45) is 0. The molecule has 0 spiro atoms. The van der Waals surface area contributed by atoms with E-state index in [2.05, 4.69) is 5.32 Å². The third-order valence-corrected chi connectivity index (χ3v) is 6.22. The molecule has 1 aliphatic rings. The van der Waals surface area contributed by atoms with Crippen molar-refractivity contribution in [2.24, 2.45) is 5.73 Å². The Morgan fingerprint density at radius 2 is 1.77 bits per heavy atom. The van der Waals surface area contributed by atoms with Gasteiger partial charge in [0.2, 0.25) is 21.8 Å². The number of piperazine rings is 1. The summed E-state index contributed by atoms with van der Waals surface area (Å²) in [5, 5.41) is 2.42. The Morgan fingerprint density at radius 1 is 1.15 bits per heavy atom. The van der Waals surface area contributed by atoms with Crippen molar-refractivity contribution in [3.63, 3.8) is 0 Å². The highest BCUT2D eigenvalue weighted by atomic mass is 35.5. The molecule has 0 aliphatic carbocycles. The Balaban J connectivity index is 0.00000338. The van der Waals surface area contributed by atoms with Crippen LogP contribution in [0.2, 0.25) is 0 Å². The molecule has 0 unspecified atom stereocenters. The fraction of sp³-hybridized carbons (Fsp3) is 0.500. The first kappa shape index (κ1) is 22.4. The van der Waals surface area contributed by atoms with E-state index in [0.717, 1.165) is 5.56 Å². The molecular weight excluding hydrogens is 380 g/mol. The van der Waals surface area contributed by atoms with Gasteiger partial charge in [-0.3, -0.25) is 9.59 Å². The molecule has 0 bridgehead atoms. The Morgan fingerprint density at radius 3 is 2.35 bits per heavy atom. The maximum atomic E-state index is 12.8. The Bertz CT molecular complexity index is 762. The minimum absolute atomic E-state index is 0. The van der Waals surface area contributed by atoms with Crippen molar-refractivity contribution in [1.82, 2.24) is 14.5 Å². The van der Waals surface area contributed by atoms with E-state index in [1.807, 2.05) is 13.0 Å². The van der Waals surface area contributed by atoms with Crippen molar-refractivity contribution >= 4 is 34.2 Å². The van der Waals surface area contributed by atoms with Crippen molar-refractivity contribution in [3.8, 4) is 0 Å². The van der Waals surface area contributed by atoms with Crippen LogP contribution in [0.1, 0.15) is 11.1 Å². The maximum Gasteiger partial charge on any atom is 0.243 e. The SMILES string of the molecule is Cc1ccc(C)c(S(=O)(=O)N2CCN(C(=O)CNC(=O)CN)CC2)c1.Cl. The van der Waals surface area contributed by atoms with E-state index in [4.69, 9.17) is 5.73 Å². The first-order chi connectivity index (χ1) is 11.8. The lowest BCUT2D eigenvalue weighted by molar-refractivity contribution is -0.133. The van der Waals surface area contributed by atoms with Crippen molar-refractivity contribution in [2.75, 3.05) is 39.3 Å². The summed E-state index contributed by atoms with van der Waals surface area (Å²) in [7, 11) is -3.58. The topological polar surface area (TPSA) is 113 Å². The van der Waals surface area contributed by atoms with Crippen molar-refractivity contribution in [3.05, 3.63) is 29.3 Å². The van der Waals surface area contributed by atoms with Crippen molar-refractivity contribution < 1.29 is 18.0 Å². The average molecular weight is 405 g/mol. The predicted molar refractivity (Wildman–Crippen MR) is 101 cm³/mol. The molecule has 1 aromatic rings. The van der Waals surface area contributed by atoms with Gasteiger partial charge in [-0.25, -0.2) is 8.42 Å². The normalized spacial score (nSPS) is 15.3. The molecule has 146 valence electrons. The number of halogens is 1. The first-order valence-corrected chi connectivity index (χ1v) is 9.51. The van der Waals surface area contributed by atoms with Gasteiger partial charge >= 0.3 is 0 Å². The van der Waals surface area contributed by atoms with Gasteiger partial charge in [0.1, 0.15) is 0 Å². The molecule has 3 N–H and O–H groups in total. The lowest BCUT2D eigenvalue weighted by atomic mass is 10.2. The van der Waals surface area contributed by atoms with E-state index >= 15 is 0 Å². The molecule has 1 aromatic carbocycles. The summed E-state index contributed by atoms with van der Waals surface area (Å²) in [4.78, 5) is 25.0. The number of rotatable bonds is 5. The predicted octanol–water partition coefficient (Wildman–Crippen LogP) is -0.367. The zero-order chi connectivity index (χ0) is 18.6. The molecule has 0 radical (unpaired) electrons. The van der Waals surface area contributed by atoms with Gasteiger partial charge in [0, 0.05) is 26.2 Å². The lowest BCUT2D eigenvalue weighted by Crippen LogP contribution is -2.52. The van der Waals surface area contributed by atoms with E-state index in [0.29, 0.717) is 23.5 Å². The smallest absolute Gasteiger partial charge is 0.243 e. The van der Waals surface area contributed by atoms with Gasteiger partial charge in [-0.1, -0.05) is 12.1 Å². The van der Waals surface area contributed by atoms with Gasteiger partial charge in [0.05, 0.1) is 18.0 Å². The number of nitrogens with zero attached hydrogens (tertiary/aromatic N) is 2. The molecule has 0 saturated carbocycles. The number of nitrogens with one attached hydrogen (secondary N) is 1. The van der Waals surface area contributed by atoms with Crippen LogP contribution >= 0.6 is 12.4 Å². The number of benzene rings is 1. The molecule has 2 amide bonds. The fourth-order valence-corrected chi connectivity index (χ4v) is 4.39. The number of hydrogen-bond acceptors (Lipinski definition) is 5. The summed E-state index contributed by atoms with van der Waals surface area (Å²) in [5.41, 5.74) is 6.76. The van der Waals surface area contributed by atoms with Gasteiger partial charge in [-0.05, 0) is 31.0 Å². The minimum Gasteiger partial charge on any atom is -0.346 e. The zero-order valence-electron chi connectivity index (χ0n) is 14.9. The summed E-state index contributed by atoms with van der Waals surface area (Å²) < 4.78 is 27.1. The monoisotopic (exact) mass is 404 g/mol. The molecule has 2 rings (SSSR count). The van der Waals surface area contributed by atoms with Crippen molar-refractivity contribution in [2.45, 2.75) is 18.7 Å². The second-order valence-electron chi connectivity index (χ2n) is 6.03. The largest absolute Gasteiger partial charge is 0.346 e. The van der Waals surface area contributed by atoms with E-state index in [1.165, 1.54) is 4.31 Å². The molecule has 1 fully saturated rings. The first-order valence-electron chi connectivity index (χ1n) is 8.07. The van der Waals surface area contributed by atoms with E-state index in [-0.39, 0.29) is 44.5 Å². The number of carbonyl (C=O) groups excluding carboxylic acids is 2. The van der Waals surface area contributed by atoms with E-state index in [9.17, 15) is 18.0 Å². The zero-order valence-corrected chi connectivity index (χ0v) is 16.5. The number of aryl methyl sites for hydroxylation is 2. The molecule has 8 nitrogen and oxygen atoms in total. The van der Waals surface area contributed by atoms with Crippen LogP contribution in [0.15, 0.2) is 23.1 Å². The number of carbonyl (C=O) groups is 2. The number of nitrogens with two attached hydrogens (primary N) is 1. The summed E-state index contributed by atoms with van der Waals surface area (Å²) in [5.74, 6) is -0.643. The van der Waals surface area contributed by atoms with Crippen LogP contribution in [0.5, 0.6) is 0 Å². The van der Waals surface area contributed by atoms with Crippen LogP contribution < -0.4 is 11.1 Å². The second-order valence-corrected chi connectivity index (χ2v) is 7.94. The molecule has 0 atom stereocenters. The summed E-state index contributed by atoms with van der Waals surface area (Å²) >= 11 is 0. The van der Waals surface area contributed by atoms with Crippen LogP contribution in [0, 0.1) is 13.8 Å². The number of amides is 2. The molecule has 0 aromatic heterocycles. The van der Waals surface area contributed by atoms with Gasteiger partial charge in [-0.2, -0.15) is 4.31 Å². The minimum atomic E-state index is -3.58. The van der Waals surface area contributed by atoms with E-state index in [1.54, 1.807) is 24.0 Å². The third-order valence-electron chi connectivity index (χ3n) is 4.17. The summed E-state index contributed by atoms with van der Waals surface area (Å²) in [6, 6.07) is 5.34. The maximum absolute atomic E-state index is 12.8. The molecule has 1 aliphatic heterocycles. The molecule has 10 heteroatoms. The highest BCUT2D eigenvalue weighted by Gasteiger charge is 2.31. The van der Waals surface area contributed by atoms with Crippen LogP contribution in [0.4, 0.5) is 0 Å². The Kier molecular flexibility index (Phi) is 8.01. The standard InChI is InChI=1S/C16H24N4O4S.ClH/c1-12-3-4-13(2)14(9-12)25(23,24)20-7-5-19(6-8-20)16(22)11-18-15(21)10-17;/h3-4,9H,5-8,10-11,17H2,1-2H3,(H,18,21);1H. The summed E-state index contributed by atoms with van der Waals surface area (Å²) in [6.45, 7) is 4.37. The second kappa shape index (κ2) is 9.31. The molecular formula is C16H25ClN4O4S. The number of hydrogen-bond donors (Lipinski definition) is 2. The van der Waals surface area contributed by atoms with Gasteiger partial charge in [0.25, 0.3) is 0 Å². The highest BCUT2D eigenvalue weighted by Crippen LogP contribution is 2.22. The Labute approximate surface area is 160 Å². The van der Waals surface area contributed by atoms with E-state index < -0.39 is 15.9 Å². The average Bonchev–Trinajstić information content (AvgIpc) is 2.61. The molecule has 26 heavy (non-hydrogen) atoms. The third kappa shape index (κ3) is 5.16. The van der Waals surface area contributed by atoms with Crippen LogP contribution in [0.25, 0.3) is 0 Å². The van der Waals surface area contributed by atoms with Crippen LogP contribution in [-0.4, -0.2) is 68.7 Å². The highest BCUT2D eigenvalue weighted by molar-refractivity contribution is 7.89. The van der Waals surface area contributed by atoms with Crippen LogP contribution in [-0.2, 0) is 19.6 Å². The quantitative estimate of drug-likeness (QED) is 0.695. The molecule has 1 saturated heterocycles. The fourth-order valence-electron chi connectivity index (χ4n) is 2.66. The molecule has 1 heterocycles. The van der Waals surface area contributed by atoms with Gasteiger partial charge < -0.3 is 16.0 Å². The van der Waals surface area contributed by atoms with Crippen LogP contribution in [0.3, 0.4) is 0 Å². The van der Waals surface area contributed by atoms with Gasteiger partial charge in [0.15, 0.2) is 0 Å². The number of sulfonamides is 1. The van der Waals surface area contributed by atoms with Crippen molar-refractivity contribution in [1.29, 1.82) is 0 Å². The van der Waals surface area contributed by atoms with Gasteiger partial charge in [-0.15, -0.1) is 12.4 Å². The Hall–Kier alpha value is -1.68. The lowest BCUT2D eigenvalue weighted by Gasteiger charge is -2.34.